The maximum atomic E-state index is 13.9. The molecule has 2 aromatic rings. The van der Waals surface area contributed by atoms with Crippen molar-refractivity contribution in [2.45, 2.75) is 31.6 Å². The molecule has 1 aromatic heterocycles. The Morgan fingerprint density at radius 3 is 2.89 bits per heavy atom. The van der Waals surface area contributed by atoms with E-state index >= 15 is 0 Å². The number of nitrogens with zero attached hydrogens (tertiary/aromatic N) is 3. The highest BCUT2D eigenvalue weighted by Gasteiger charge is 2.29. The van der Waals surface area contributed by atoms with E-state index in [1.165, 1.54) is 19.2 Å². The van der Waals surface area contributed by atoms with Crippen LogP contribution in [0, 0.1) is 11.7 Å². The predicted octanol–water partition coefficient (Wildman–Crippen LogP) is 2.82. The van der Waals surface area contributed by atoms with Crippen LogP contribution in [0.5, 0.6) is 5.75 Å². The number of aromatic nitrogens is 2. The second-order valence-electron chi connectivity index (χ2n) is 7.39. The van der Waals surface area contributed by atoms with Gasteiger partial charge in [-0.3, -0.25) is 4.79 Å². The summed E-state index contributed by atoms with van der Waals surface area (Å²) in [4.78, 5) is 19.0. The van der Waals surface area contributed by atoms with E-state index in [0.29, 0.717) is 36.8 Å². The molecule has 1 amide bonds. The van der Waals surface area contributed by atoms with Crippen LogP contribution in [0.3, 0.4) is 0 Å². The maximum Gasteiger partial charge on any atom is 0.253 e. The monoisotopic (exact) mass is 389 g/mol. The molecular weight excluding hydrogens is 365 g/mol. The van der Waals surface area contributed by atoms with Gasteiger partial charge in [0.1, 0.15) is 0 Å². The highest BCUT2D eigenvalue weighted by molar-refractivity contribution is 5.94. The number of hydrogen-bond donors (Lipinski definition) is 0. The first kappa shape index (κ1) is 18.9. The number of ether oxygens (including phenoxy) is 2. The Balaban J connectivity index is 1.34. The molecule has 2 saturated heterocycles. The normalized spacial score (nSPS) is 20.5. The number of benzene rings is 1. The summed E-state index contributed by atoms with van der Waals surface area (Å²) in [6, 6.07) is 4.30. The van der Waals surface area contributed by atoms with Crippen molar-refractivity contribution >= 4 is 5.91 Å². The van der Waals surface area contributed by atoms with E-state index < -0.39 is 5.82 Å². The van der Waals surface area contributed by atoms with Crippen LogP contribution in [-0.4, -0.2) is 54.4 Å². The van der Waals surface area contributed by atoms with Gasteiger partial charge >= 0.3 is 0 Å². The van der Waals surface area contributed by atoms with Crippen LogP contribution in [-0.2, 0) is 11.2 Å². The van der Waals surface area contributed by atoms with Gasteiger partial charge in [0.2, 0.25) is 5.89 Å². The summed E-state index contributed by atoms with van der Waals surface area (Å²) in [5.41, 5.74) is 0.334. The summed E-state index contributed by atoms with van der Waals surface area (Å²) in [5, 5.41) is 4.12. The molecule has 2 aliphatic heterocycles. The fourth-order valence-electron chi connectivity index (χ4n) is 3.88. The number of rotatable bonds is 5. The SMILES string of the molecule is COc1ccc(C(=O)N2CCC(Cc3noc(C4CCOCC4)n3)C2)cc1F. The third-order valence-electron chi connectivity index (χ3n) is 5.50. The first-order valence-corrected chi connectivity index (χ1v) is 9.67. The molecule has 150 valence electrons. The zero-order chi connectivity index (χ0) is 19.5. The number of amides is 1. The molecule has 0 radical (unpaired) electrons. The number of carbonyl (C=O) groups is 1. The fourth-order valence-corrected chi connectivity index (χ4v) is 3.88. The molecule has 0 saturated carbocycles. The lowest BCUT2D eigenvalue weighted by atomic mass is 10.0. The Kier molecular flexibility index (Phi) is 5.57. The smallest absolute Gasteiger partial charge is 0.253 e. The van der Waals surface area contributed by atoms with E-state index in [9.17, 15) is 9.18 Å². The summed E-state index contributed by atoms with van der Waals surface area (Å²) in [6.07, 6.45) is 3.36. The standard InChI is InChI=1S/C20H24FN3O4/c1-26-17-3-2-15(11-16(17)21)20(25)24-7-4-13(12-24)10-18-22-19(28-23-18)14-5-8-27-9-6-14/h2-3,11,13-14H,4-10,12H2,1H3. The molecule has 2 aliphatic rings. The van der Waals surface area contributed by atoms with Gasteiger partial charge in [-0.1, -0.05) is 5.16 Å². The number of methoxy groups -OCH3 is 1. The van der Waals surface area contributed by atoms with Crippen LogP contribution in [0.4, 0.5) is 4.39 Å². The molecule has 1 unspecified atom stereocenters. The number of hydrogen-bond acceptors (Lipinski definition) is 6. The molecule has 1 aromatic carbocycles. The number of likely N-dealkylation sites (tertiary alicyclic amines) is 1. The van der Waals surface area contributed by atoms with Crippen LogP contribution in [0.15, 0.2) is 22.7 Å². The van der Waals surface area contributed by atoms with Crippen molar-refractivity contribution in [3.63, 3.8) is 0 Å². The van der Waals surface area contributed by atoms with Crippen LogP contribution in [0.2, 0.25) is 0 Å². The van der Waals surface area contributed by atoms with E-state index in [0.717, 1.165) is 32.5 Å². The van der Waals surface area contributed by atoms with Crippen molar-refractivity contribution < 1.29 is 23.2 Å². The summed E-state index contributed by atoms with van der Waals surface area (Å²) >= 11 is 0. The van der Waals surface area contributed by atoms with E-state index in [1.54, 1.807) is 11.0 Å². The van der Waals surface area contributed by atoms with Crippen molar-refractivity contribution in [1.82, 2.24) is 15.0 Å². The largest absolute Gasteiger partial charge is 0.494 e. The average Bonchev–Trinajstić information content (AvgIpc) is 3.38. The molecule has 0 aliphatic carbocycles. The summed E-state index contributed by atoms with van der Waals surface area (Å²) in [5.74, 6) is 1.37. The second-order valence-corrected chi connectivity index (χ2v) is 7.39. The third kappa shape index (κ3) is 4.01. The Labute approximate surface area is 162 Å². The van der Waals surface area contributed by atoms with Gasteiger partial charge in [-0.2, -0.15) is 4.98 Å². The van der Waals surface area contributed by atoms with Crippen LogP contribution in [0.1, 0.15) is 47.3 Å². The van der Waals surface area contributed by atoms with E-state index in [-0.39, 0.29) is 23.5 Å². The van der Waals surface area contributed by atoms with E-state index in [1.807, 2.05) is 0 Å². The molecule has 2 fully saturated rings. The highest BCUT2D eigenvalue weighted by atomic mass is 19.1. The predicted molar refractivity (Wildman–Crippen MR) is 97.8 cm³/mol. The third-order valence-corrected chi connectivity index (χ3v) is 5.50. The minimum atomic E-state index is -0.531. The Morgan fingerprint density at radius 2 is 2.14 bits per heavy atom. The molecule has 0 bridgehead atoms. The number of halogens is 1. The zero-order valence-corrected chi connectivity index (χ0v) is 15.9. The van der Waals surface area contributed by atoms with Gasteiger partial charge in [-0.05, 0) is 43.4 Å². The van der Waals surface area contributed by atoms with E-state index in [2.05, 4.69) is 10.1 Å². The lowest BCUT2D eigenvalue weighted by molar-refractivity contribution is 0.0778. The second kappa shape index (κ2) is 8.26. The first-order valence-electron chi connectivity index (χ1n) is 9.67. The van der Waals surface area contributed by atoms with Crippen molar-refractivity contribution in [3.05, 3.63) is 41.3 Å². The fraction of sp³-hybridized carbons (Fsp3) is 0.550. The molecule has 0 N–H and O–H groups in total. The topological polar surface area (TPSA) is 77.7 Å². The van der Waals surface area contributed by atoms with Gasteiger partial charge in [-0.15, -0.1) is 0 Å². The summed E-state index contributed by atoms with van der Waals surface area (Å²) in [7, 11) is 1.40. The van der Waals surface area contributed by atoms with Gasteiger partial charge < -0.3 is 18.9 Å². The average molecular weight is 389 g/mol. The van der Waals surface area contributed by atoms with Gasteiger partial charge in [0.25, 0.3) is 5.91 Å². The molecule has 0 spiro atoms. The lowest BCUT2D eigenvalue weighted by Gasteiger charge is -2.18. The number of carbonyl (C=O) groups excluding carboxylic acids is 1. The summed E-state index contributed by atoms with van der Waals surface area (Å²) in [6.45, 7) is 2.71. The van der Waals surface area contributed by atoms with Crippen LogP contribution in [0.25, 0.3) is 0 Å². The van der Waals surface area contributed by atoms with Gasteiger partial charge in [0, 0.05) is 44.2 Å². The first-order chi connectivity index (χ1) is 13.6. The molecule has 28 heavy (non-hydrogen) atoms. The summed E-state index contributed by atoms with van der Waals surface area (Å²) < 4.78 is 29.6. The molecule has 1 atom stereocenters. The molecule has 7 nitrogen and oxygen atoms in total. The van der Waals surface area contributed by atoms with Crippen molar-refractivity contribution in [2.24, 2.45) is 5.92 Å². The Hall–Kier alpha value is -2.48. The molecular formula is C20H24FN3O4. The minimum absolute atomic E-state index is 0.133. The van der Waals surface area contributed by atoms with Crippen LogP contribution < -0.4 is 4.74 Å². The van der Waals surface area contributed by atoms with Crippen molar-refractivity contribution in [2.75, 3.05) is 33.4 Å². The van der Waals surface area contributed by atoms with Crippen LogP contribution >= 0.6 is 0 Å². The minimum Gasteiger partial charge on any atom is -0.494 e. The van der Waals surface area contributed by atoms with Crippen molar-refractivity contribution in [3.8, 4) is 5.75 Å². The zero-order valence-electron chi connectivity index (χ0n) is 15.9. The molecule has 4 rings (SSSR count). The highest BCUT2D eigenvalue weighted by Crippen LogP contribution is 2.27. The van der Waals surface area contributed by atoms with Crippen molar-refractivity contribution in [1.29, 1.82) is 0 Å². The van der Waals surface area contributed by atoms with Gasteiger partial charge in [0.15, 0.2) is 17.4 Å². The Bertz CT molecular complexity index is 835. The van der Waals surface area contributed by atoms with Gasteiger partial charge in [0.05, 0.1) is 7.11 Å². The maximum absolute atomic E-state index is 13.9. The quantitative estimate of drug-likeness (QED) is 0.783. The molecule has 3 heterocycles. The molecule has 8 heteroatoms. The van der Waals surface area contributed by atoms with Gasteiger partial charge in [-0.25, -0.2) is 4.39 Å². The van der Waals surface area contributed by atoms with E-state index in [4.69, 9.17) is 14.0 Å². The Morgan fingerprint density at radius 1 is 1.32 bits per heavy atom. The lowest BCUT2D eigenvalue weighted by Crippen LogP contribution is -2.29.